The molecule has 0 aliphatic heterocycles. The fraction of sp³-hybridized carbons (Fsp3) is 0. The SMILES string of the molecule is [Ni].[O-2].[O-2].[Ti+4]. The maximum Gasteiger partial charge on any atom is 4.00 e. The summed E-state index contributed by atoms with van der Waals surface area (Å²) < 4.78 is 0. The van der Waals surface area contributed by atoms with Gasteiger partial charge in [-0.3, -0.25) is 0 Å². The Hall–Kier alpha value is 1.13. The van der Waals surface area contributed by atoms with Gasteiger partial charge in [0.15, 0.2) is 0 Å². The summed E-state index contributed by atoms with van der Waals surface area (Å²) in [6, 6.07) is 0. The van der Waals surface area contributed by atoms with E-state index in [0.29, 0.717) is 0 Å². The predicted molar refractivity (Wildman–Crippen MR) is 1.37 cm³/mol. The zero-order valence-electron chi connectivity index (χ0n) is 1.63. The van der Waals surface area contributed by atoms with E-state index >= 15 is 0 Å². The molecule has 0 heterocycles. The monoisotopic (exact) mass is 138 g/mol. The van der Waals surface area contributed by atoms with E-state index in [0.717, 1.165) is 0 Å². The molecule has 26 valence electrons. The average Bonchev–Trinajstić information content (AvgIpc) is 0. The molecule has 0 N–H and O–H groups in total. The normalized spacial score (nSPS) is 0. The van der Waals surface area contributed by atoms with E-state index in [-0.39, 0.29) is 49.2 Å². The van der Waals surface area contributed by atoms with Gasteiger partial charge in [-0.15, -0.1) is 0 Å². The topological polar surface area (TPSA) is 57.0 Å². The molecule has 4 heteroatoms. The molecule has 0 radical (unpaired) electrons. The molecule has 0 aromatic rings. The van der Waals surface area contributed by atoms with Gasteiger partial charge < -0.3 is 11.0 Å². The van der Waals surface area contributed by atoms with Crippen molar-refractivity contribution in [2.75, 3.05) is 0 Å². The molecule has 0 aliphatic carbocycles. The van der Waals surface area contributed by atoms with E-state index in [1.165, 1.54) is 0 Å². The molecule has 0 fully saturated rings. The number of rotatable bonds is 0. The first kappa shape index (κ1) is 68.7. The summed E-state index contributed by atoms with van der Waals surface area (Å²) in [5.74, 6) is 0. The van der Waals surface area contributed by atoms with E-state index in [9.17, 15) is 0 Å². The Morgan fingerprint density at radius 2 is 0.750 bits per heavy atom. The van der Waals surface area contributed by atoms with Crippen LogP contribution in [0, 0.1) is 0 Å². The van der Waals surface area contributed by atoms with Gasteiger partial charge in [0.2, 0.25) is 0 Å². The van der Waals surface area contributed by atoms with E-state index in [1.54, 1.807) is 0 Å². The second-order valence-electron chi connectivity index (χ2n) is 0. The van der Waals surface area contributed by atoms with E-state index in [2.05, 4.69) is 0 Å². The summed E-state index contributed by atoms with van der Waals surface area (Å²) in [5.41, 5.74) is 0. The van der Waals surface area contributed by atoms with Gasteiger partial charge in [0, 0.05) is 16.5 Å². The van der Waals surface area contributed by atoms with Crippen molar-refractivity contribution in [2.24, 2.45) is 0 Å². The number of hydrogen-bond acceptors (Lipinski definition) is 0. The molecule has 0 aliphatic rings. The van der Waals surface area contributed by atoms with Gasteiger partial charge in [-0.05, 0) is 0 Å². The van der Waals surface area contributed by atoms with Gasteiger partial charge in [-0.2, -0.15) is 0 Å². The minimum Gasteiger partial charge on any atom is -2.00 e. The summed E-state index contributed by atoms with van der Waals surface area (Å²) in [4.78, 5) is 0. The van der Waals surface area contributed by atoms with Crippen molar-refractivity contribution in [3.8, 4) is 0 Å². The molecule has 4 heavy (non-hydrogen) atoms. The zero-order chi connectivity index (χ0) is 0. The summed E-state index contributed by atoms with van der Waals surface area (Å²) in [6.07, 6.45) is 0. The van der Waals surface area contributed by atoms with E-state index in [1.807, 2.05) is 0 Å². The minimum atomic E-state index is 0. The van der Waals surface area contributed by atoms with Crippen molar-refractivity contribution in [3.05, 3.63) is 0 Å². The smallest absolute Gasteiger partial charge is 2.00 e. The predicted octanol–water partition coefficient (Wildman–Crippen LogP) is -0.243. The fourth-order valence-electron chi connectivity index (χ4n) is 0. The molecule has 0 saturated heterocycles. The molecule has 0 spiro atoms. The van der Waals surface area contributed by atoms with Crippen LogP contribution < -0.4 is 0 Å². The van der Waals surface area contributed by atoms with Gasteiger partial charge in [0.05, 0.1) is 0 Å². The molecular formula is NiO2Ti. The fourth-order valence-corrected chi connectivity index (χ4v) is 0. The molecular weight excluding hydrogens is 139 g/mol. The van der Waals surface area contributed by atoms with E-state index in [4.69, 9.17) is 0 Å². The Morgan fingerprint density at radius 3 is 0.750 bits per heavy atom. The molecule has 0 aromatic carbocycles. The van der Waals surface area contributed by atoms with Crippen LogP contribution in [0.4, 0.5) is 0 Å². The summed E-state index contributed by atoms with van der Waals surface area (Å²) in [6.45, 7) is 0. The third kappa shape index (κ3) is 11.1. The van der Waals surface area contributed by atoms with Crippen molar-refractivity contribution in [1.82, 2.24) is 0 Å². The van der Waals surface area contributed by atoms with Gasteiger partial charge in [0.1, 0.15) is 0 Å². The second kappa shape index (κ2) is 31.7. The second-order valence-corrected chi connectivity index (χ2v) is 0. The van der Waals surface area contributed by atoms with Crippen LogP contribution in [-0.4, -0.2) is 0 Å². The van der Waals surface area contributed by atoms with Crippen molar-refractivity contribution < 1.29 is 49.2 Å². The third-order valence-electron chi connectivity index (χ3n) is 0. The van der Waals surface area contributed by atoms with E-state index < -0.39 is 0 Å². The maximum atomic E-state index is 0. The Balaban J connectivity index is 0. The van der Waals surface area contributed by atoms with Crippen molar-refractivity contribution in [2.45, 2.75) is 0 Å². The maximum absolute atomic E-state index is 0. The summed E-state index contributed by atoms with van der Waals surface area (Å²) >= 11 is 0. The standard InChI is InChI=1S/Ni.2O.Ti/q;2*-2;+4. The molecule has 0 atom stereocenters. The van der Waals surface area contributed by atoms with Gasteiger partial charge in [-0.1, -0.05) is 0 Å². The average molecular weight is 139 g/mol. The minimum absolute atomic E-state index is 0. The first-order valence-corrected chi connectivity index (χ1v) is 0. The number of hydrogen-bond donors (Lipinski definition) is 0. The van der Waals surface area contributed by atoms with Crippen LogP contribution in [0.5, 0.6) is 0 Å². The Morgan fingerprint density at radius 1 is 0.750 bits per heavy atom. The first-order chi connectivity index (χ1) is 0. The van der Waals surface area contributed by atoms with Crippen molar-refractivity contribution in [3.63, 3.8) is 0 Å². The molecule has 0 rings (SSSR count). The first-order valence-electron chi connectivity index (χ1n) is 0. The summed E-state index contributed by atoms with van der Waals surface area (Å²) in [5, 5.41) is 0. The van der Waals surface area contributed by atoms with Crippen LogP contribution >= 0.6 is 0 Å². The molecule has 2 nitrogen and oxygen atoms in total. The third-order valence-corrected chi connectivity index (χ3v) is 0. The molecule has 0 saturated carbocycles. The van der Waals surface area contributed by atoms with Crippen molar-refractivity contribution in [1.29, 1.82) is 0 Å². The van der Waals surface area contributed by atoms with Crippen LogP contribution in [0.1, 0.15) is 0 Å². The Labute approximate surface area is 49.4 Å². The zero-order valence-corrected chi connectivity index (χ0v) is 4.18. The molecule has 0 bridgehead atoms. The Kier molecular flexibility index (Phi) is 545. The molecule has 0 amide bonds. The van der Waals surface area contributed by atoms with Crippen LogP contribution in [0.2, 0.25) is 0 Å². The van der Waals surface area contributed by atoms with Gasteiger partial charge >= 0.3 is 21.7 Å². The molecule has 0 unspecified atom stereocenters. The van der Waals surface area contributed by atoms with Crippen LogP contribution in [0.3, 0.4) is 0 Å². The summed E-state index contributed by atoms with van der Waals surface area (Å²) in [7, 11) is 0. The van der Waals surface area contributed by atoms with Gasteiger partial charge in [0.25, 0.3) is 0 Å². The quantitative estimate of drug-likeness (QED) is 0.415. The van der Waals surface area contributed by atoms with Gasteiger partial charge in [-0.25, -0.2) is 0 Å². The van der Waals surface area contributed by atoms with Crippen LogP contribution in [0.25, 0.3) is 0 Å². The van der Waals surface area contributed by atoms with Crippen LogP contribution in [-0.2, 0) is 49.2 Å². The Bertz CT molecular complexity index is 6.00. The largest absolute Gasteiger partial charge is 4.00 e. The van der Waals surface area contributed by atoms with Crippen molar-refractivity contribution >= 4 is 0 Å². The van der Waals surface area contributed by atoms with Crippen LogP contribution in [0.15, 0.2) is 0 Å². The molecule has 0 aromatic heterocycles.